The normalized spacial score (nSPS) is 20.9. The summed E-state index contributed by atoms with van der Waals surface area (Å²) in [5, 5.41) is 15.5. The highest BCUT2D eigenvalue weighted by atomic mass is 16.3. The Morgan fingerprint density at radius 2 is 2.00 bits per heavy atom. The topological polar surface area (TPSA) is 78.4 Å². The van der Waals surface area contributed by atoms with E-state index in [4.69, 9.17) is 0 Å². The van der Waals surface area contributed by atoms with Gasteiger partial charge in [-0.15, -0.1) is 0 Å². The lowest BCUT2D eigenvalue weighted by Gasteiger charge is -2.14. The Hall–Kier alpha value is -1.72. The van der Waals surface area contributed by atoms with E-state index in [-0.39, 0.29) is 30.4 Å². The largest absolute Gasteiger partial charge is 0.391 e. The molecule has 2 atom stereocenters. The summed E-state index contributed by atoms with van der Waals surface area (Å²) in [6.45, 7) is 5.71. The van der Waals surface area contributed by atoms with Crippen molar-refractivity contribution in [3.8, 4) is 0 Å². The van der Waals surface area contributed by atoms with E-state index < -0.39 is 6.10 Å². The molecule has 2 rings (SSSR count). The summed E-state index contributed by atoms with van der Waals surface area (Å²) in [5.41, 5.74) is 2.89. The van der Waals surface area contributed by atoms with Gasteiger partial charge in [-0.25, -0.2) is 0 Å². The number of aryl methyl sites for hydroxylation is 2. The first-order valence-corrected chi connectivity index (χ1v) is 7.73. The lowest BCUT2D eigenvalue weighted by atomic mass is 10.0. The second kappa shape index (κ2) is 7.51. The molecule has 5 nitrogen and oxygen atoms in total. The number of nitrogens with one attached hydrogen (secondary N) is 2. The van der Waals surface area contributed by atoms with Crippen molar-refractivity contribution in [2.75, 3.05) is 19.6 Å². The van der Waals surface area contributed by atoms with Crippen LogP contribution in [-0.2, 0) is 4.79 Å². The average molecular weight is 304 g/mol. The first kappa shape index (κ1) is 16.6. The Kier molecular flexibility index (Phi) is 5.69. The second-order valence-electron chi connectivity index (χ2n) is 6.01. The Morgan fingerprint density at radius 1 is 1.23 bits per heavy atom. The molecule has 2 unspecified atom stereocenters. The quantitative estimate of drug-likeness (QED) is 0.684. The third-order valence-electron chi connectivity index (χ3n) is 4.27. The molecule has 120 valence electrons. The third-order valence-corrected chi connectivity index (χ3v) is 4.27. The van der Waals surface area contributed by atoms with Gasteiger partial charge in [0.15, 0.2) is 5.78 Å². The average Bonchev–Trinajstić information content (AvgIpc) is 2.90. The van der Waals surface area contributed by atoms with E-state index in [1.807, 2.05) is 32.0 Å². The van der Waals surface area contributed by atoms with Crippen molar-refractivity contribution in [1.82, 2.24) is 10.6 Å². The van der Waals surface area contributed by atoms with Gasteiger partial charge in [-0.2, -0.15) is 0 Å². The van der Waals surface area contributed by atoms with Crippen molar-refractivity contribution in [1.29, 1.82) is 0 Å². The fraction of sp³-hybridized carbons (Fsp3) is 0.529. The van der Waals surface area contributed by atoms with Gasteiger partial charge in [-0.3, -0.25) is 9.59 Å². The first-order valence-electron chi connectivity index (χ1n) is 7.73. The summed E-state index contributed by atoms with van der Waals surface area (Å²) in [7, 11) is 0. The Bertz CT molecular complexity index is 557. The van der Waals surface area contributed by atoms with Crippen molar-refractivity contribution < 1.29 is 14.7 Å². The first-order chi connectivity index (χ1) is 10.5. The number of rotatable bonds is 6. The van der Waals surface area contributed by atoms with E-state index in [2.05, 4.69) is 10.6 Å². The number of aliphatic hydroxyl groups excluding tert-OH is 1. The number of β-amino-alcohol motifs (C(OH)–C–C–N with tert-alkyl or cyclic N) is 1. The number of carbonyl (C=O) groups is 2. The highest BCUT2D eigenvalue weighted by Crippen LogP contribution is 2.12. The lowest BCUT2D eigenvalue weighted by Crippen LogP contribution is -2.34. The molecule has 1 aromatic carbocycles. The Labute approximate surface area is 131 Å². The number of hydrogen-bond donors (Lipinski definition) is 3. The van der Waals surface area contributed by atoms with Gasteiger partial charge in [0, 0.05) is 44.0 Å². The minimum absolute atomic E-state index is 0.0131. The smallest absolute Gasteiger partial charge is 0.220 e. The second-order valence-corrected chi connectivity index (χ2v) is 6.01. The molecule has 0 aromatic heterocycles. The zero-order chi connectivity index (χ0) is 16.1. The third kappa shape index (κ3) is 4.39. The van der Waals surface area contributed by atoms with E-state index in [0.717, 1.165) is 11.1 Å². The van der Waals surface area contributed by atoms with Crippen LogP contribution in [-0.4, -0.2) is 42.5 Å². The molecule has 22 heavy (non-hydrogen) atoms. The molecule has 1 aliphatic rings. The monoisotopic (exact) mass is 304 g/mol. The van der Waals surface area contributed by atoms with Crippen LogP contribution in [0.5, 0.6) is 0 Å². The molecule has 3 N–H and O–H groups in total. The summed E-state index contributed by atoms with van der Waals surface area (Å²) in [4.78, 5) is 23.9. The minimum Gasteiger partial charge on any atom is -0.391 e. The van der Waals surface area contributed by atoms with Crippen LogP contribution in [0, 0.1) is 19.8 Å². The van der Waals surface area contributed by atoms with Gasteiger partial charge < -0.3 is 15.7 Å². The predicted octanol–water partition coefficient (Wildman–Crippen LogP) is 0.963. The molecule has 0 aliphatic carbocycles. The van der Waals surface area contributed by atoms with Crippen molar-refractivity contribution in [2.24, 2.45) is 5.92 Å². The number of benzene rings is 1. The van der Waals surface area contributed by atoms with Gasteiger partial charge in [0.05, 0.1) is 6.10 Å². The van der Waals surface area contributed by atoms with E-state index >= 15 is 0 Å². The van der Waals surface area contributed by atoms with Crippen LogP contribution >= 0.6 is 0 Å². The van der Waals surface area contributed by atoms with E-state index in [1.165, 1.54) is 0 Å². The van der Waals surface area contributed by atoms with E-state index in [1.54, 1.807) is 0 Å². The Morgan fingerprint density at radius 3 is 2.64 bits per heavy atom. The molecular weight excluding hydrogens is 280 g/mol. The summed E-state index contributed by atoms with van der Waals surface area (Å²) in [6, 6.07) is 5.61. The van der Waals surface area contributed by atoms with Crippen molar-refractivity contribution >= 4 is 11.7 Å². The molecule has 0 radical (unpaired) electrons. The molecule has 0 bridgehead atoms. The molecule has 0 saturated carbocycles. The van der Waals surface area contributed by atoms with E-state index in [9.17, 15) is 14.7 Å². The van der Waals surface area contributed by atoms with Gasteiger partial charge in [-0.05, 0) is 31.0 Å². The van der Waals surface area contributed by atoms with Crippen LogP contribution < -0.4 is 10.6 Å². The van der Waals surface area contributed by atoms with Crippen molar-refractivity contribution in [3.05, 3.63) is 34.9 Å². The van der Waals surface area contributed by atoms with Crippen LogP contribution in [0.1, 0.15) is 34.3 Å². The molecule has 1 amide bonds. The maximum atomic E-state index is 12.1. The summed E-state index contributed by atoms with van der Waals surface area (Å²) in [5.74, 6) is -0.100. The van der Waals surface area contributed by atoms with Gasteiger partial charge in [0.25, 0.3) is 0 Å². The summed E-state index contributed by atoms with van der Waals surface area (Å²) in [6.07, 6.45) is -0.0144. The number of aliphatic hydroxyl groups is 1. The van der Waals surface area contributed by atoms with Crippen molar-refractivity contribution in [2.45, 2.75) is 32.8 Å². The van der Waals surface area contributed by atoms with Crippen LogP contribution in [0.2, 0.25) is 0 Å². The molecule has 1 saturated heterocycles. The molecule has 5 heteroatoms. The Balaban J connectivity index is 1.75. The number of hydrogen-bond acceptors (Lipinski definition) is 4. The molecule has 0 spiro atoms. The number of amides is 1. The maximum Gasteiger partial charge on any atom is 0.220 e. The fourth-order valence-electron chi connectivity index (χ4n) is 2.55. The van der Waals surface area contributed by atoms with Crippen molar-refractivity contribution in [3.63, 3.8) is 0 Å². The number of carbonyl (C=O) groups excluding carboxylic acids is 2. The van der Waals surface area contributed by atoms with Gasteiger partial charge in [0.2, 0.25) is 5.91 Å². The highest BCUT2D eigenvalue weighted by molar-refractivity contribution is 5.98. The lowest BCUT2D eigenvalue weighted by molar-refractivity contribution is -0.121. The summed E-state index contributed by atoms with van der Waals surface area (Å²) >= 11 is 0. The standard InChI is InChI=1S/C17H24N2O3/c1-11-3-4-13(7-12(11)2)15(20)5-6-17(22)19-9-14-8-18-10-16(14)21/h3-4,7,14,16,18,21H,5-6,8-10H2,1-2H3,(H,19,22). The number of Topliss-reactive ketones (excluding diaryl/α,β-unsaturated/α-hetero) is 1. The number of ketones is 1. The van der Waals surface area contributed by atoms with Gasteiger partial charge in [-0.1, -0.05) is 12.1 Å². The SMILES string of the molecule is Cc1ccc(C(=O)CCC(=O)NCC2CNCC2O)cc1C. The molecule has 1 aliphatic heterocycles. The molecule has 1 aromatic rings. The fourth-order valence-corrected chi connectivity index (χ4v) is 2.55. The van der Waals surface area contributed by atoms with Gasteiger partial charge >= 0.3 is 0 Å². The van der Waals surface area contributed by atoms with Crippen LogP contribution in [0.3, 0.4) is 0 Å². The van der Waals surface area contributed by atoms with E-state index in [0.29, 0.717) is 25.2 Å². The zero-order valence-electron chi connectivity index (χ0n) is 13.2. The molecule has 1 heterocycles. The molecular formula is C17H24N2O3. The predicted molar refractivity (Wildman–Crippen MR) is 84.9 cm³/mol. The van der Waals surface area contributed by atoms with Crippen LogP contribution in [0.4, 0.5) is 0 Å². The van der Waals surface area contributed by atoms with Crippen LogP contribution in [0.25, 0.3) is 0 Å². The molecule has 1 fully saturated rings. The maximum absolute atomic E-state index is 12.1. The zero-order valence-corrected chi connectivity index (χ0v) is 13.2. The highest BCUT2D eigenvalue weighted by Gasteiger charge is 2.25. The minimum atomic E-state index is -0.405. The summed E-state index contributed by atoms with van der Waals surface area (Å²) < 4.78 is 0. The van der Waals surface area contributed by atoms with Gasteiger partial charge in [0.1, 0.15) is 0 Å². The van der Waals surface area contributed by atoms with Crippen LogP contribution in [0.15, 0.2) is 18.2 Å².